The average Bonchev–Trinajstić information content (AvgIpc) is 2.25. The predicted octanol–water partition coefficient (Wildman–Crippen LogP) is 0.0321. The van der Waals surface area contributed by atoms with Crippen molar-refractivity contribution in [3.63, 3.8) is 0 Å². The van der Waals surface area contributed by atoms with Crippen molar-refractivity contribution in [3.8, 4) is 0 Å². The van der Waals surface area contributed by atoms with Gasteiger partial charge in [-0.05, 0) is 12.6 Å². The fourth-order valence-electron chi connectivity index (χ4n) is 1.01. The van der Waals surface area contributed by atoms with Gasteiger partial charge in [0.1, 0.15) is 0 Å². The monoisotopic (exact) mass is 226 g/mol. The van der Waals surface area contributed by atoms with Crippen molar-refractivity contribution in [2.24, 2.45) is 5.73 Å². The van der Waals surface area contributed by atoms with Crippen LogP contribution in [0.2, 0.25) is 0 Å². The second-order valence-corrected chi connectivity index (χ2v) is 3.84. The van der Waals surface area contributed by atoms with Crippen molar-refractivity contribution in [1.82, 2.24) is 15.3 Å². The molecular weight excluding hydrogens is 212 g/mol. The van der Waals surface area contributed by atoms with Crippen molar-refractivity contribution < 1.29 is 4.79 Å². The molecule has 0 aromatic carbocycles. The van der Waals surface area contributed by atoms with Crippen LogP contribution in [0.5, 0.6) is 0 Å². The number of nitrogens with one attached hydrogen (secondary N) is 1. The molecule has 0 bridgehead atoms. The summed E-state index contributed by atoms with van der Waals surface area (Å²) in [6, 6.07) is 1.42. The van der Waals surface area contributed by atoms with Crippen LogP contribution in [-0.4, -0.2) is 34.2 Å². The van der Waals surface area contributed by atoms with Crippen molar-refractivity contribution in [3.05, 3.63) is 18.5 Å². The van der Waals surface area contributed by atoms with Crippen molar-refractivity contribution in [2.45, 2.75) is 18.1 Å². The van der Waals surface area contributed by atoms with Crippen LogP contribution in [0.3, 0.4) is 0 Å². The Bertz CT molecular complexity index is 306. The molecule has 1 unspecified atom stereocenters. The average molecular weight is 226 g/mol. The molecule has 1 aromatic rings. The smallest absolute Gasteiger partial charge is 0.235 e. The first-order valence-electron chi connectivity index (χ1n) is 4.66. The molecule has 0 saturated heterocycles. The third kappa shape index (κ3) is 4.26. The highest BCUT2D eigenvalue weighted by Crippen LogP contribution is 2.11. The molecule has 0 aliphatic heterocycles. The molecule has 0 aliphatic rings. The SMILES string of the molecule is CCNC(CSc1ncccn1)C(N)=O. The summed E-state index contributed by atoms with van der Waals surface area (Å²) in [5.74, 6) is 0.202. The summed E-state index contributed by atoms with van der Waals surface area (Å²) in [5.41, 5.74) is 5.23. The molecule has 6 heteroatoms. The van der Waals surface area contributed by atoms with Crippen LogP contribution in [0, 0.1) is 0 Å². The third-order valence-electron chi connectivity index (χ3n) is 1.72. The number of aromatic nitrogens is 2. The number of likely N-dealkylation sites (N-methyl/N-ethyl adjacent to an activating group) is 1. The van der Waals surface area contributed by atoms with Gasteiger partial charge in [0.15, 0.2) is 5.16 Å². The van der Waals surface area contributed by atoms with Crippen LogP contribution in [0.15, 0.2) is 23.6 Å². The molecule has 0 spiro atoms. The van der Waals surface area contributed by atoms with E-state index in [1.54, 1.807) is 18.5 Å². The minimum Gasteiger partial charge on any atom is -0.368 e. The number of carbonyl (C=O) groups is 1. The number of hydrogen-bond acceptors (Lipinski definition) is 5. The maximum Gasteiger partial charge on any atom is 0.235 e. The van der Waals surface area contributed by atoms with Gasteiger partial charge in [0.25, 0.3) is 0 Å². The second kappa shape index (κ2) is 6.36. The van der Waals surface area contributed by atoms with E-state index >= 15 is 0 Å². The van der Waals surface area contributed by atoms with Gasteiger partial charge in [0, 0.05) is 18.1 Å². The maximum absolute atomic E-state index is 11.0. The molecule has 0 aliphatic carbocycles. The van der Waals surface area contributed by atoms with E-state index in [2.05, 4.69) is 15.3 Å². The standard InChI is InChI=1S/C9H14N4OS/c1-2-11-7(8(10)14)6-15-9-12-4-3-5-13-9/h3-5,7,11H,2,6H2,1H3,(H2,10,14). The number of carbonyl (C=O) groups excluding carboxylic acids is 1. The summed E-state index contributed by atoms with van der Waals surface area (Å²) >= 11 is 1.41. The largest absolute Gasteiger partial charge is 0.368 e. The van der Waals surface area contributed by atoms with E-state index in [0.717, 1.165) is 0 Å². The summed E-state index contributed by atoms with van der Waals surface area (Å²) in [4.78, 5) is 19.1. The van der Waals surface area contributed by atoms with E-state index in [1.807, 2.05) is 6.92 Å². The van der Waals surface area contributed by atoms with E-state index in [1.165, 1.54) is 11.8 Å². The molecule has 0 fully saturated rings. The molecule has 1 atom stereocenters. The van der Waals surface area contributed by atoms with Gasteiger partial charge in [-0.2, -0.15) is 0 Å². The Kier molecular flexibility index (Phi) is 5.06. The Morgan fingerprint density at radius 1 is 1.60 bits per heavy atom. The number of nitrogens with zero attached hydrogens (tertiary/aromatic N) is 2. The number of thioether (sulfide) groups is 1. The normalized spacial score (nSPS) is 12.3. The van der Waals surface area contributed by atoms with Crippen LogP contribution in [-0.2, 0) is 4.79 Å². The second-order valence-electron chi connectivity index (χ2n) is 2.86. The lowest BCUT2D eigenvalue weighted by Crippen LogP contribution is -2.43. The lowest BCUT2D eigenvalue weighted by molar-refractivity contribution is -0.119. The molecule has 82 valence electrons. The molecule has 1 amide bonds. The quantitative estimate of drug-likeness (QED) is 0.528. The molecule has 1 aromatic heterocycles. The van der Waals surface area contributed by atoms with Crippen LogP contribution in [0.25, 0.3) is 0 Å². The van der Waals surface area contributed by atoms with Gasteiger partial charge in [-0.25, -0.2) is 9.97 Å². The highest BCUT2D eigenvalue weighted by Gasteiger charge is 2.14. The first-order valence-corrected chi connectivity index (χ1v) is 5.65. The third-order valence-corrected chi connectivity index (χ3v) is 2.68. The Morgan fingerprint density at radius 2 is 2.27 bits per heavy atom. The fourth-order valence-corrected chi connectivity index (χ4v) is 1.87. The summed E-state index contributed by atoms with van der Waals surface area (Å²) < 4.78 is 0. The molecular formula is C9H14N4OS. The van der Waals surface area contributed by atoms with Crippen LogP contribution in [0.1, 0.15) is 6.92 Å². The first kappa shape index (κ1) is 11.9. The number of primary amides is 1. The molecule has 1 heterocycles. The van der Waals surface area contributed by atoms with Crippen LogP contribution >= 0.6 is 11.8 Å². The van der Waals surface area contributed by atoms with Gasteiger partial charge in [0.2, 0.25) is 5.91 Å². The minimum atomic E-state index is -0.347. The lowest BCUT2D eigenvalue weighted by Gasteiger charge is -2.12. The summed E-state index contributed by atoms with van der Waals surface area (Å²) in [6.45, 7) is 2.64. The van der Waals surface area contributed by atoms with Crippen molar-refractivity contribution in [2.75, 3.05) is 12.3 Å². The van der Waals surface area contributed by atoms with Gasteiger partial charge in [-0.3, -0.25) is 4.79 Å². The highest BCUT2D eigenvalue weighted by molar-refractivity contribution is 7.99. The zero-order valence-corrected chi connectivity index (χ0v) is 9.33. The Hall–Kier alpha value is -1.14. The van der Waals surface area contributed by atoms with E-state index in [-0.39, 0.29) is 11.9 Å². The van der Waals surface area contributed by atoms with E-state index in [4.69, 9.17) is 5.73 Å². The van der Waals surface area contributed by atoms with Gasteiger partial charge in [-0.1, -0.05) is 18.7 Å². The Balaban J connectivity index is 2.43. The zero-order valence-electron chi connectivity index (χ0n) is 8.51. The molecule has 0 radical (unpaired) electrons. The fraction of sp³-hybridized carbons (Fsp3) is 0.444. The van der Waals surface area contributed by atoms with Crippen molar-refractivity contribution in [1.29, 1.82) is 0 Å². The Labute approximate surface area is 92.9 Å². The minimum absolute atomic E-state index is 0.330. The predicted molar refractivity (Wildman–Crippen MR) is 59.4 cm³/mol. The van der Waals surface area contributed by atoms with Crippen LogP contribution in [0.4, 0.5) is 0 Å². The summed E-state index contributed by atoms with van der Waals surface area (Å²) in [5, 5.41) is 3.66. The number of nitrogens with two attached hydrogens (primary N) is 1. The number of hydrogen-bond donors (Lipinski definition) is 2. The molecule has 5 nitrogen and oxygen atoms in total. The van der Waals surface area contributed by atoms with Gasteiger partial charge < -0.3 is 11.1 Å². The lowest BCUT2D eigenvalue weighted by atomic mass is 10.3. The number of amides is 1. The van der Waals surface area contributed by atoms with Gasteiger partial charge >= 0.3 is 0 Å². The van der Waals surface area contributed by atoms with Gasteiger partial charge in [0.05, 0.1) is 6.04 Å². The van der Waals surface area contributed by atoms with Gasteiger partial charge in [-0.15, -0.1) is 0 Å². The highest BCUT2D eigenvalue weighted by atomic mass is 32.2. The molecule has 1 rings (SSSR count). The first-order chi connectivity index (χ1) is 7.24. The maximum atomic E-state index is 11.0. The van der Waals surface area contributed by atoms with Crippen molar-refractivity contribution >= 4 is 17.7 Å². The topological polar surface area (TPSA) is 80.9 Å². The van der Waals surface area contributed by atoms with Crippen LogP contribution < -0.4 is 11.1 Å². The molecule has 0 saturated carbocycles. The summed E-state index contributed by atoms with van der Waals surface area (Å²) in [6.07, 6.45) is 3.34. The zero-order chi connectivity index (χ0) is 11.1. The summed E-state index contributed by atoms with van der Waals surface area (Å²) in [7, 11) is 0. The van der Waals surface area contributed by atoms with E-state index in [0.29, 0.717) is 17.5 Å². The molecule has 3 N–H and O–H groups in total. The molecule has 15 heavy (non-hydrogen) atoms. The van der Waals surface area contributed by atoms with E-state index < -0.39 is 0 Å². The number of rotatable bonds is 6. The Morgan fingerprint density at radius 3 is 2.80 bits per heavy atom. The van der Waals surface area contributed by atoms with E-state index in [9.17, 15) is 4.79 Å².